The molecule has 4 heteroatoms. The molecule has 1 heterocycles. The van der Waals surface area contributed by atoms with Gasteiger partial charge in [-0.05, 0) is 37.8 Å². The number of rotatable bonds is 7. The Hall–Kier alpha value is -1.39. The average Bonchev–Trinajstić information content (AvgIpc) is 3.23. The number of aliphatic carboxylic acids is 1. The van der Waals surface area contributed by atoms with E-state index in [4.69, 9.17) is 5.11 Å². The maximum Gasteiger partial charge on any atom is 0.317 e. The van der Waals surface area contributed by atoms with Crippen molar-refractivity contribution in [3.8, 4) is 0 Å². The van der Waals surface area contributed by atoms with Crippen LogP contribution in [0.15, 0.2) is 30.3 Å². The number of benzene rings is 1. The number of hydrogen-bond acceptors (Lipinski definition) is 3. The first-order valence-corrected chi connectivity index (χ1v) is 7.96. The van der Waals surface area contributed by atoms with E-state index in [0.29, 0.717) is 12.1 Å². The fourth-order valence-corrected chi connectivity index (χ4v) is 3.35. The molecule has 1 saturated carbocycles. The van der Waals surface area contributed by atoms with E-state index in [1.54, 1.807) is 0 Å². The van der Waals surface area contributed by atoms with Crippen molar-refractivity contribution in [2.24, 2.45) is 0 Å². The Bertz CT molecular complexity index is 473. The summed E-state index contributed by atoms with van der Waals surface area (Å²) in [6, 6.07) is 11.7. The molecule has 4 nitrogen and oxygen atoms in total. The summed E-state index contributed by atoms with van der Waals surface area (Å²) in [7, 11) is 0. The first-order chi connectivity index (χ1) is 10.2. The maximum atomic E-state index is 11.0. The molecule has 0 aromatic heterocycles. The van der Waals surface area contributed by atoms with E-state index in [9.17, 15) is 4.79 Å². The van der Waals surface area contributed by atoms with Crippen LogP contribution in [0, 0.1) is 0 Å². The third kappa shape index (κ3) is 4.05. The Balaban J connectivity index is 1.61. The minimum Gasteiger partial charge on any atom is -0.480 e. The predicted molar refractivity (Wildman–Crippen MR) is 82.1 cm³/mol. The van der Waals surface area contributed by atoms with E-state index >= 15 is 0 Å². The van der Waals surface area contributed by atoms with Crippen LogP contribution >= 0.6 is 0 Å². The number of likely N-dealkylation sites (tertiary alicyclic amines) is 1. The normalized spacial score (nSPS) is 22.8. The lowest BCUT2D eigenvalue weighted by Gasteiger charge is -2.30. The largest absolute Gasteiger partial charge is 0.480 e. The summed E-state index contributed by atoms with van der Waals surface area (Å²) in [4.78, 5) is 15.7. The van der Waals surface area contributed by atoms with Crippen LogP contribution in [-0.4, -0.2) is 52.6 Å². The highest BCUT2D eigenvalue weighted by Gasteiger charge is 2.34. The van der Waals surface area contributed by atoms with Gasteiger partial charge in [0.2, 0.25) is 0 Å². The second-order valence-corrected chi connectivity index (χ2v) is 6.31. The molecule has 1 atom stereocenters. The van der Waals surface area contributed by atoms with Crippen molar-refractivity contribution in [1.82, 2.24) is 9.80 Å². The van der Waals surface area contributed by atoms with Crippen LogP contribution in [0.5, 0.6) is 0 Å². The van der Waals surface area contributed by atoms with Crippen molar-refractivity contribution in [2.45, 2.75) is 44.3 Å². The lowest BCUT2D eigenvalue weighted by atomic mass is 10.1. The summed E-state index contributed by atoms with van der Waals surface area (Å²) in [5.41, 5.74) is 1.35. The molecule has 1 aromatic rings. The molecule has 0 amide bonds. The van der Waals surface area contributed by atoms with E-state index < -0.39 is 5.97 Å². The fourth-order valence-electron chi connectivity index (χ4n) is 3.35. The zero-order chi connectivity index (χ0) is 14.7. The van der Waals surface area contributed by atoms with Gasteiger partial charge in [0.05, 0.1) is 6.54 Å². The molecule has 21 heavy (non-hydrogen) atoms. The molecule has 1 saturated heterocycles. The summed E-state index contributed by atoms with van der Waals surface area (Å²) in [5, 5.41) is 9.03. The molecule has 0 spiro atoms. The minimum atomic E-state index is -0.706. The van der Waals surface area contributed by atoms with E-state index in [1.807, 2.05) is 0 Å². The van der Waals surface area contributed by atoms with E-state index in [1.165, 1.54) is 18.4 Å². The van der Waals surface area contributed by atoms with Gasteiger partial charge in [0.15, 0.2) is 0 Å². The smallest absolute Gasteiger partial charge is 0.317 e. The molecule has 114 valence electrons. The molecule has 2 aliphatic rings. The third-order valence-corrected chi connectivity index (χ3v) is 4.57. The zero-order valence-electron chi connectivity index (χ0n) is 12.4. The number of carboxylic acids is 1. The molecule has 1 aromatic carbocycles. The van der Waals surface area contributed by atoms with E-state index in [0.717, 1.165) is 32.5 Å². The SMILES string of the molecule is O=C(O)CN1CCCC1CN(Cc1ccccc1)C1CC1. The van der Waals surface area contributed by atoms with Gasteiger partial charge < -0.3 is 5.11 Å². The van der Waals surface area contributed by atoms with E-state index in [2.05, 4.69) is 40.1 Å². The average molecular weight is 288 g/mol. The Morgan fingerprint density at radius 1 is 1.24 bits per heavy atom. The van der Waals surface area contributed by atoms with Gasteiger partial charge in [-0.1, -0.05) is 30.3 Å². The lowest BCUT2D eigenvalue weighted by molar-refractivity contribution is -0.138. The summed E-state index contributed by atoms with van der Waals surface area (Å²) in [6.45, 7) is 3.12. The van der Waals surface area contributed by atoms with Crippen molar-refractivity contribution in [2.75, 3.05) is 19.6 Å². The van der Waals surface area contributed by atoms with Gasteiger partial charge in [-0.25, -0.2) is 0 Å². The summed E-state index contributed by atoms with van der Waals surface area (Å²) in [6.07, 6.45) is 4.84. The van der Waals surface area contributed by atoms with Gasteiger partial charge in [-0.2, -0.15) is 0 Å². The van der Waals surface area contributed by atoms with Crippen LogP contribution in [0.25, 0.3) is 0 Å². The number of nitrogens with zero attached hydrogens (tertiary/aromatic N) is 2. The standard InChI is InChI=1S/C17H24N2O2/c20-17(21)13-18-10-4-7-16(18)12-19(15-8-9-15)11-14-5-2-1-3-6-14/h1-3,5-6,15-16H,4,7-13H2,(H,20,21). The maximum absolute atomic E-state index is 11.0. The topological polar surface area (TPSA) is 43.8 Å². The summed E-state index contributed by atoms with van der Waals surface area (Å²) >= 11 is 0. The molecule has 0 bridgehead atoms. The van der Waals surface area contributed by atoms with Crippen molar-refractivity contribution in [1.29, 1.82) is 0 Å². The Labute approximate surface area is 126 Å². The van der Waals surface area contributed by atoms with Crippen LogP contribution < -0.4 is 0 Å². The lowest BCUT2D eigenvalue weighted by Crippen LogP contribution is -2.43. The third-order valence-electron chi connectivity index (χ3n) is 4.57. The second-order valence-electron chi connectivity index (χ2n) is 6.31. The van der Waals surface area contributed by atoms with Gasteiger partial charge in [0.1, 0.15) is 0 Å². The molecule has 0 radical (unpaired) electrons. The number of hydrogen-bond donors (Lipinski definition) is 1. The van der Waals surface area contributed by atoms with Crippen molar-refractivity contribution in [3.05, 3.63) is 35.9 Å². The molecular weight excluding hydrogens is 264 g/mol. The molecule has 1 unspecified atom stereocenters. The predicted octanol–water partition coefficient (Wildman–Crippen LogP) is 2.20. The van der Waals surface area contributed by atoms with Gasteiger partial charge in [0.25, 0.3) is 0 Å². The van der Waals surface area contributed by atoms with Gasteiger partial charge in [-0.3, -0.25) is 14.6 Å². The Kier molecular flexibility index (Phi) is 4.56. The highest BCUT2D eigenvalue weighted by molar-refractivity contribution is 5.69. The first-order valence-electron chi connectivity index (χ1n) is 7.96. The van der Waals surface area contributed by atoms with Crippen molar-refractivity contribution >= 4 is 5.97 Å². The Morgan fingerprint density at radius 3 is 2.67 bits per heavy atom. The highest BCUT2D eigenvalue weighted by atomic mass is 16.4. The Morgan fingerprint density at radius 2 is 2.00 bits per heavy atom. The first kappa shape index (κ1) is 14.5. The van der Waals surface area contributed by atoms with Crippen LogP contribution in [0.1, 0.15) is 31.2 Å². The fraction of sp³-hybridized carbons (Fsp3) is 0.588. The van der Waals surface area contributed by atoms with Crippen LogP contribution in [0.4, 0.5) is 0 Å². The quantitative estimate of drug-likeness (QED) is 0.835. The van der Waals surface area contributed by atoms with Gasteiger partial charge in [-0.15, -0.1) is 0 Å². The second kappa shape index (κ2) is 6.58. The minimum absolute atomic E-state index is 0.189. The van der Waals surface area contributed by atoms with Crippen LogP contribution in [0.3, 0.4) is 0 Å². The molecule has 1 aliphatic carbocycles. The summed E-state index contributed by atoms with van der Waals surface area (Å²) in [5.74, 6) is -0.706. The van der Waals surface area contributed by atoms with Crippen LogP contribution in [0.2, 0.25) is 0 Å². The van der Waals surface area contributed by atoms with E-state index in [-0.39, 0.29) is 6.54 Å². The summed E-state index contributed by atoms with van der Waals surface area (Å²) < 4.78 is 0. The van der Waals surface area contributed by atoms with Gasteiger partial charge in [0, 0.05) is 25.2 Å². The van der Waals surface area contributed by atoms with Crippen LogP contribution in [-0.2, 0) is 11.3 Å². The number of carbonyl (C=O) groups is 1. The monoisotopic (exact) mass is 288 g/mol. The highest BCUT2D eigenvalue weighted by Crippen LogP contribution is 2.30. The molecule has 2 fully saturated rings. The zero-order valence-corrected chi connectivity index (χ0v) is 12.4. The molecule has 1 N–H and O–H groups in total. The van der Waals surface area contributed by atoms with Gasteiger partial charge >= 0.3 is 5.97 Å². The molecule has 3 rings (SSSR count). The molecule has 1 aliphatic heterocycles. The number of carboxylic acid groups (broad SMARTS) is 1. The van der Waals surface area contributed by atoms with Crippen molar-refractivity contribution < 1.29 is 9.90 Å². The molecular formula is C17H24N2O2. The van der Waals surface area contributed by atoms with Crippen molar-refractivity contribution in [3.63, 3.8) is 0 Å².